The summed E-state index contributed by atoms with van der Waals surface area (Å²) in [4.78, 5) is 16.0. The molecule has 0 aliphatic carbocycles. The van der Waals surface area contributed by atoms with E-state index in [2.05, 4.69) is 10.1 Å². The van der Waals surface area contributed by atoms with E-state index in [0.29, 0.717) is 16.6 Å². The van der Waals surface area contributed by atoms with Crippen LogP contribution in [0.5, 0.6) is 5.75 Å². The third-order valence-corrected chi connectivity index (χ3v) is 4.01. The second-order valence-corrected chi connectivity index (χ2v) is 6.15. The molecule has 6 nitrogen and oxygen atoms in total. The lowest BCUT2D eigenvalue weighted by molar-refractivity contribution is -0.148. The average molecular weight is 373 g/mol. The van der Waals surface area contributed by atoms with E-state index in [-0.39, 0.29) is 19.1 Å². The molecule has 0 fully saturated rings. The molecule has 0 saturated carbocycles. The molecule has 3 rings (SSSR count). The maximum Gasteiger partial charge on any atom is 0.344 e. The zero-order valence-electron chi connectivity index (χ0n) is 14.4. The molecule has 0 aliphatic rings. The van der Waals surface area contributed by atoms with E-state index in [9.17, 15) is 4.79 Å². The fourth-order valence-electron chi connectivity index (χ4n) is 2.16. The van der Waals surface area contributed by atoms with E-state index < -0.39 is 5.97 Å². The van der Waals surface area contributed by atoms with E-state index in [1.165, 1.54) is 0 Å². The van der Waals surface area contributed by atoms with Gasteiger partial charge >= 0.3 is 5.97 Å². The number of nitrogens with zero attached hydrogens (tertiary/aromatic N) is 2. The van der Waals surface area contributed by atoms with Crippen molar-refractivity contribution in [2.24, 2.45) is 0 Å². The van der Waals surface area contributed by atoms with Gasteiger partial charge in [-0.25, -0.2) is 4.79 Å². The van der Waals surface area contributed by atoms with Gasteiger partial charge in [0.1, 0.15) is 5.75 Å². The summed E-state index contributed by atoms with van der Waals surface area (Å²) in [6.45, 7) is 3.68. The van der Waals surface area contributed by atoms with Crippen molar-refractivity contribution >= 4 is 17.6 Å². The topological polar surface area (TPSA) is 74.5 Å². The summed E-state index contributed by atoms with van der Waals surface area (Å²) in [5.41, 5.74) is 3.01. The van der Waals surface area contributed by atoms with Crippen molar-refractivity contribution in [1.82, 2.24) is 10.1 Å². The Morgan fingerprint density at radius 1 is 1.12 bits per heavy atom. The van der Waals surface area contributed by atoms with Gasteiger partial charge < -0.3 is 14.0 Å². The fraction of sp³-hybridized carbons (Fsp3) is 0.211. The Kier molecular flexibility index (Phi) is 5.53. The monoisotopic (exact) mass is 372 g/mol. The first-order valence-corrected chi connectivity index (χ1v) is 8.33. The predicted molar refractivity (Wildman–Crippen MR) is 96.0 cm³/mol. The van der Waals surface area contributed by atoms with E-state index in [1.807, 2.05) is 32.0 Å². The Balaban J connectivity index is 1.50. The molecule has 0 radical (unpaired) electrons. The number of hydrogen-bond donors (Lipinski definition) is 0. The molecule has 134 valence electrons. The van der Waals surface area contributed by atoms with Crippen LogP contribution in [-0.2, 0) is 16.1 Å². The Morgan fingerprint density at radius 3 is 2.62 bits per heavy atom. The van der Waals surface area contributed by atoms with Crippen LogP contribution in [-0.4, -0.2) is 22.7 Å². The Hall–Kier alpha value is -2.86. The Labute approximate surface area is 155 Å². The lowest BCUT2D eigenvalue weighted by Crippen LogP contribution is -2.15. The fourth-order valence-corrected chi connectivity index (χ4v) is 2.29. The van der Waals surface area contributed by atoms with E-state index in [1.54, 1.807) is 24.3 Å². The van der Waals surface area contributed by atoms with Gasteiger partial charge in [0.05, 0.1) is 0 Å². The third-order valence-electron chi connectivity index (χ3n) is 3.76. The maximum atomic E-state index is 11.8. The molecule has 0 amide bonds. The van der Waals surface area contributed by atoms with Gasteiger partial charge in [0.15, 0.2) is 13.2 Å². The summed E-state index contributed by atoms with van der Waals surface area (Å²) in [5.74, 6) is 0.705. The van der Waals surface area contributed by atoms with Crippen LogP contribution in [0.15, 0.2) is 47.0 Å². The normalized spacial score (nSPS) is 10.6. The molecular weight excluding hydrogens is 356 g/mol. The highest BCUT2D eigenvalue weighted by Gasteiger charge is 2.12. The van der Waals surface area contributed by atoms with Crippen molar-refractivity contribution in [3.63, 3.8) is 0 Å². The highest BCUT2D eigenvalue weighted by atomic mass is 35.5. The molecule has 7 heteroatoms. The molecule has 3 aromatic rings. The van der Waals surface area contributed by atoms with Crippen LogP contribution in [0.3, 0.4) is 0 Å². The molecule has 0 atom stereocenters. The van der Waals surface area contributed by atoms with Gasteiger partial charge in [0, 0.05) is 10.6 Å². The average Bonchev–Trinajstić information content (AvgIpc) is 3.10. The molecule has 0 saturated heterocycles. The molecule has 26 heavy (non-hydrogen) atoms. The second-order valence-electron chi connectivity index (χ2n) is 5.71. The van der Waals surface area contributed by atoms with Crippen molar-refractivity contribution in [1.29, 1.82) is 0 Å². The second kappa shape index (κ2) is 8.01. The van der Waals surface area contributed by atoms with Crippen LogP contribution in [0, 0.1) is 13.8 Å². The number of carbonyl (C=O) groups excluding carboxylic acids is 1. The first-order chi connectivity index (χ1) is 12.5. The van der Waals surface area contributed by atoms with Gasteiger partial charge in [-0.3, -0.25) is 0 Å². The first kappa shape index (κ1) is 17.9. The summed E-state index contributed by atoms with van der Waals surface area (Å²) in [5, 5.41) is 4.47. The zero-order chi connectivity index (χ0) is 18.5. The number of halogens is 1. The van der Waals surface area contributed by atoms with Gasteiger partial charge in [-0.15, -0.1) is 0 Å². The summed E-state index contributed by atoms with van der Waals surface area (Å²) in [6, 6.07) is 12.6. The quantitative estimate of drug-likeness (QED) is 0.606. The largest absolute Gasteiger partial charge is 0.482 e. The van der Waals surface area contributed by atoms with Gasteiger partial charge in [-0.1, -0.05) is 22.8 Å². The minimum absolute atomic E-state index is 0.115. The number of aryl methyl sites for hydroxylation is 2. The summed E-state index contributed by atoms with van der Waals surface area (Å²) < 4.78 is 15.6. The Bertz CT molecular complexity index is 906. The van der Waals surface area contributed by atoms with Crippen LogP contribution in [0.1, 0.15) is 17.0 Å². The van der Waals surface area contributed by atoms with Crippen LogP contribution in [0.4, 0.5) is 0 Å². The predicted octanol–water partition coefficient (Wildman–Crippen LogP) is 4.13. The first-order valence-electron chi connectivity index (χ1n) is 7.95. The number of ether oxygens (including phenoxy) is 2. The summed E-state index contributed by atoms with van der Waals surface area (Å²) in [7, 11) is 0. The highest BCUT2D eigenvalue weighted by molar-refractivity contribution is 6.30. The molecule has 1 heterocycles. The number of benzene rings is 2. The Morgan fingerprint density at radius 2 is 1.88 bits per heavy atom. The summed E-state index contributed by atoms with van der Waals surface area (Å²) >= 11 is 5.85. The minimum Gasteiger partial charge on any atom is -0.482 e. The zero-order valence-corrected chi connectivity index (χ0v) is 15.1. The van der Waals surface area contributed by atoms with Crippen LogP contribution in [0.25, 0.3) is 11.4 Å². The lowest BCUT2D eigenvalue weighted by atomic mass is 10.1. The summed E-state index contributed by atoms with van der Waals surface area (Å²) in [6.07, 6.45) is 0. The minimum atomic E-state index is -0.519. The van der Waals surface area contributed by atoms with Gasteiger partial charge in [0.2, 0.25) is 5.82 Å². The smallest absolute Gasteiger partial charge is 0.344 e. The van der Waals surface area contributed by atoms with Crippen LogP contribution in [0.2, 0.25) is 5.02 Å². The lowest BCUT2D eigenvalue weighted by Gasteiger charge is -2.07. The van der Waals surface area contributed by atoms with E-state index in [0.717, 1.165) is 16.7 Å². The van der Waals surface area contributed by atoms with E-state index in [4.69, 9.17) is 25.6 Å². The van der Waals surface area contributed by atoms with Gasteiger partial charge in [0.25, 0.3) is 5.89 Å². The van der Waals surface area contributed by atoms with E-state index >= 15 is 0 Å². The van der Waals surface area contributed by atoms with Gasteiger partial charge in [-0.05, 0) is 61.4 Å². The standard InChI is InChI=1S/C19H17ClN2O4/c1-12-3-8-16(9-13(12)2)24-11-18(23)25-10-17-21-19(22-26-17)14-4-6-15(20)7-5-14/h3-9H,10-11H2,1-2H3. The molecule has 1 aromatic heterocycles. The van der Waals surface area contributed by atoms with Crippen molar-refractivity contribution in [3.8, 4) is 17.1 Å². The molecule has 0 N–H and O–H groups in total. The van der Waals surface area contributed by atoms with Crippen molar-refractivity contribution in [2.75, 3.05) is 6.61 Å². The van der Waals surface area contributed by atoms with Crippen molar-refractivity contribution in [3.05, 3.63) is 64.5 Å². The molecule has 2 aromatic carbocycles. The number of hydrogen-bond acceptors (Lipinski definition) is 6. The van der Waals surface area contributed by atoms with Crippen molar-refractivity contribution in [2.45, 2.75) is 20.5 Å². The molecule has 0 aliphatic heterocycles. The molecular formula is C19H17ClN2O4. The van der Waals surface area contributed by atoms with Crippen LogP contribution >= 0.6 is 11.6 Å². The SMILES string of the molecule is Cc1ccc(OCC(=O)OCc2nc(-c3ccc(Cl)cc3)no2)cc1C. The van der Waals surface area contributed by atoms with Crippen molar-refractivity contribution < 1.29 is 18.8 Å². The van der Waals surface area contributed by atoms with Gasteiger partial charge in [-0.2, -0.15) is 4.98 Å². The molecule has 0 spiro atoms. The number of carbonyl (C=O) groups is 1. The third kappa shape index (κ3) is 4.61. The highest BCUT2D eigenvalue weighted by Crippen LogP contribution is 2.19. The molecule has 0 unspecified atom stereocenters. The maximum absolute atomic E-state index is 11.8. The number of aromatic nitrogens is 2. The van der Waals surface area contributed by atoms with Crippen LogP contribution < -0.4 is 4.74 Å². The number of rotatable bonds is 6. The molecule has 0 bridgehead atoms. The number of esters is 1.